The van der Waals surface area contributed by atoms with E-state index < -0.39 is 0 Å². The maximum absolute atomic E-state index is 12.9. The second-order valence-corrected chi connectivity index (χ2v) is 7.69. The molecule has 0 radical (unpaired) electrons. The molecule has 4 rings (SSSR count). The lowest BCUT2D eigenvalue weighted by Crippen LogP contribution is -2.33. The molecule has 0 aliphatic carbocycles. The molecule has 2 heterocycles. The highest BCUT2D eigenvalue weighted by atomic mass is 16.3. The van der Waals surface area contributed by atoms with Crippen molar-refractivity contribution < 1.29 is 9.90 Å². The third kappa shape index (κ3) is 5.29. The molecule has 6 heteroatoms. The smallest absolute Gasteiger partial charge is 0.272 e. The topological polar surface area (TPSA) is 70.4 Å². The summed E-state index contributed by atoms with van der Waals surface area (Å²) in [5.41, 5.74) is 4.72. The molecule has 2 aromatic carbocycles. The van der Waals surface area contributed by atoms with Gasteiger partial charge < -0.3 is 10.4 Å². The minimum absolute atomic E-state index is 0.00270. The van der Waals surface area contributed by atoms with Crippen molar-refractivity contribution in [2.45, 2.75) is 26.1 Å². The summed E-state index contributed by atoms with van der Waals surface area (Å²) in [6.45, 7) is 3.25. The van der Waals surface area contributed by atoms with E-state index in [1.807, 2.05) is 48.5 Å². The molecule has 0 spiro atoms. The van der Waals surface area contributed by atoms with Gasteiger partial charge in [0, 0.05) is 43.9 Å². The molecule has 1 aliphatic rings. The fraction of sp³-hybridized carbons (Fsp3) is 0.280. The highest BCUT2D eigenvalue weighted by Crippen LogP contribution is 2.23. The van der Waals surface area contributed by atoms with Crippen molar-refractivity contribution in [3.63, 3.8) is 0 Å². The fourth-order valence-corrected chi connectivity index (χ4v) is 3.93. The lowest BCUT2D eigenvalue weighted by atomic mass is 10.0. The van der Waals surface area contributed by atoms with Crippen LogP contribution in [0.25, 0.3) is 6.08 Å². The lowest BCUT2D eigenvalue weighted by molar-refractivity contribution is 0.0942. The number of benzene rings is 2. The Balaban J connectivity index is 1.46. The number of aliphatic hydroxyl groups excluding tert-OH is 1. The van der Waals surface area contributed by atoms with E-state index in [9.17, 15) is 9.90 Å². The van der Waals surface area contributed by atoms with Gasteiger partial charge in [0.1, 0.15) is 0 Å². The number of aromatic nitrogens is 2. The van der Waals surface area contributed by atoms with Crippen LogP contribution >= 0.6 is 0 Å². The third-order valence-electron chi connectivity index (χ3n) is 5.51. The average molecular weight is 417 g/mol. The number of hydrogen-bond acceptors (Lipinski definition) is 4. The van der Waals surface area contributed by atoms with Crippen LogP contribution in [-0.4, -0.2) is 45.4 Å². The van der Waals surface area contributed by atoms with Gasteiger partial charge in [0.25, 0.3) is 5.91 Å². The SMILES string of the molecule is O=C(NCc1ccccc1)c1nn(CCO)c2c1CN(C/C=C/c1ccccc1)CC2. The molecule has 1 aromatic heterocycles. The van der Waals surface area contributed by atoms with E-state index in [4.69, 9.17) is 0 Å². The van der Waals surface area contributed by atoms with Gasteiger partial charge in [0.2, 0.25) is 0 Å². The van der Waals surface area contributed by atoms with Crippen LogP contribution in [0.3, 0.4) is 0 Å². The van der Waals surface area contributed by atoms with Crippen LogP contribution < -0.4 is 5.32 Å². The predicted octanol–water partition coefficient (Wildman–Crippen LogP) is 2.88. The quantitative estimate of drug-likeness (QED) is 0.592. The van der Waals surface area contributed by atoms with Gasteiger partial charge in [0.15, 0.2) is 5.69 Å². The van der Waals surface area contributed by atoms with Crippen LogP contribution in [0.5, 0.6) is 0 Å². The monoisotopic (exact) mass is 416 g/mol. The molecular weight excluding hydrogens is 388 g/mol. The maximum atomic E-state index is 12.9. The second-order valence-electron chi connectivity index (χ2n) is 7.69. The van der Waals surface area contributed by atoms with Crippen LogP contribution in [0.4, 0.5) is 0 Å². The molecular formula is C25H28N4O2. The zero-order valence-electron chi connectivity index (χ0n) is 17.6. The maximum Gasteiger partial charge on any atom is 0.272 e. The van der Waals surface area contributed by atoms with Crippen molar-refractivity contribution in [3.8, 4) is 0 Å². The number of carbonyl (C=O) groups is 1. The largest absolute Gasteiger partial charge is 0.394 e. The molecule has 0 fully saturated rings. The zero-order valence-corrected chi connectivity index (χ0v) is 17.6. The van der Waals surface area contributed by atoms with E-state index in [1.165, 1.54) is 5.56 Å². The summed E-state index contributed by atoms with van der Waals surface area (Å²) in [7, 11) is 0. The highest BCUT2D eigenvalue weighted by molar-refractivity contribution is 5.94. The Hall–Kier alpha value is -3.22. The first-order valence-corrected chi connectivity index (χ1v) is 10.7. The van der Waals surface area contributed by atoms with Crippen LogP contribution in [0.2, 0.25) is 0 Å². The lowest BCUT2D eigenvalue weighted by Gasteiger charge is -2.26. The van der Waals surface area contributed by atoms with E-state index in [0.717, 1.165) is 36.3 Å². The number of nitrogens with one attached hydrogen (secondary N) is 1. The molecule has 3 aromatic rings. The minimum Gasteiger partial charge on any atom is -0.394 e. The summed E-state index contributed by atoms with van der Waals surface area (Å²) in [5.74, 6) is -0.168. The van der Waals surface area contributed by atoms with Crippen LogP contribution in [-0.2, 0) is 26.1 Å². The normalized spacial score (nSPS) is 14.0. The Morgan fingerprint density at radius 2 is 1.84 bits per heavy atom. The summed E-state index contributed by atoms with van der Waals surface area (Å²) in [6, 6.07) is 20.1. The van der Waals surface area contributed by atoms with E-state index in [1.54, 1.807) is 4.68 Å². The summed E-state index contributed by atoms with van der Waals surface area (Å²) in [4.78, 5) is 15.3. The number of fused-ring (bicyclic) bond motifs is 1. The van der Waals surface area contributed by atoms with Gasteiger partial charge in [-0.05, 0) is 11.1 Å². The molecule has 2 N–H and O–H groups in total. The van der Waals surface area contributed by atoms with E-state index in [2.05, 4.69) is 39.6 Å². The number of nitrogens with zero attached hydrogens (tertiary/aromatic N) is 3. The average Bonchev–Trinajstić information content (AvgIpc) is 3.17. The number of hydrogen-bond donors (Lipinski definition) is 2. The van der Waals surface area contributed by atoms with E-state index >= 15 is 0 Å². The van der Waals surface area contributed by atoms with Crippen molar-refractivity contribution in [2.75, 3.05) is 19.7 Å². The Bertz CT molecular complexity index is 1030. The Labute approximate surface area is 182 Å². The van der Waals surface area contributed by atoms with Gasteiger partial charge in [0.05, 0.1) is 13.2 Å². The molecule has 6 nitrogen and oxygen atoms in total. The van der Waals surface area contributed by atoms with Crippen molar-refractivity contribution in [3.05, 3.63) is 94.8 Å². The zero-order chi connectivity index (χ0) is 21.5. The molecule has 0 unspecified atom stereocenters. The van der Waals surface area contributed by atoms with Crippen molar-refractivity contribution in [2.24, 2.45) is 0 Å². The van der Waals surface area contributed by atoms with Crippen LogP contribution in [0.1, 0.15) is 32.9 Å². The summed E-state index contributed by atoms with van der Waals surface area (Å²) in [5, 5.41) is 17.0. The standard InChI is InChI=1S/C25H28N4O2/c30-17-16-29-23-13-15-28(14-7-12-20-8-3-1-4-9-20)19-22(23)24(27-29)25(31)26-18-21-10-5-2-6-11-21/h1-12,30H,13-19H2,(H,26,31)/b12-7+. The summed E-state index contributed by atoms with van der Waals surface area (Å²) >= 11 is 0. The second kappa shape index (κ2) is 10.2. The first-order valence-electron chi connectivity index (χ1n) is 10.7. The number of carbonyl (C=O) groups excluding carboxylic acids is 1. The summed E-state index contributed by atoms with van der Waals surface area (Å²) in [6.07, 6.45) is 5.10. The van der Waals surface area contributed by atoms with E-state index in [0.29, 0.717) is 25.3 Å². The van der Waals surface area contributed by atoms with Gasteiger partial charge >= 0.3 is 0 Å². The van der Waals surface area contributed by atoms with Crippen molar-refractivity contribution in [1.29, 1.82) is 0 Å². The molecule has 1 amide bonds. The van der Waals surface area contributed by atoms with Gasteiger partial charge in [-0.25, -0.2) is 0 Å². The van der Waals surface area contributed by atoms with Gasteiger partial charge in [-0.1, -0.05) is 72.8 Å². The molecule has 0 saturated carbocycles. The van der Waals surface area contributed by atoms with Gasteiger partial charge in [-0.3, -0.25) is 14.4 Å². The molecule has 0 bridgehead atoms. The number of aliphatic hydroxyl groups is 1. The Morgan fingerprint density at radius 3 is 2.58 bits per heavy atom. The molecule has 0 saturated heterocycles. The molecule has 160 valence electrons. The van der Waals surface area contributed by atoms with Gasteiger partial charge in [-0.2, -0.15) is 5.10 Å². The molecule has 1 aliphatic heterocycles. The number of amides is 1. The Kier molecular flexibility index (Phi) is 6.92. The van der Waals surface area contributed by atoms with Crippen LogP contribution in [0.15, 0.2) is 66.7 Å². The van der Waals surface area contributed by atoms with Crippen molar-refractivity contribution in [1.82, 2.24) is 20.0 Å². The van der Waals surface area contributed by atoms with Crippen LogP contribution in [0, 0.1) is 0 Å². The minimum atomic E-state index is -0.168. The highest BCUT2D eigenvalue weighted by Gasteiger charge is 2.27. The molecule has 0 atom stereocenters. The third-order valence-corrected chi connectivity index (χ3v) is 5.51. The predicted molar refractivity (Wildman–Crippen MR) is 121 cm³/mol. The Morgan fingerprint density at radius 1 is 1.10 bits per heavy atom. The van der Waals surface area contributed by atoms with E-state index in [-0.39, 0.29) is 12.5 Å². The molecule has 31 heavy (non-hydrogen) atoms. The first kappa shape index (κ1) is 21.0. The summed E-state index contributed by atoms with van der Waals surface area (Å²) < 4.78 is 1.80. The van der Waals surface area contributed by atoms with Crippen molar-refractivity contribution >= 4 is 12.0 Å². The number of rotatable bonds is 8. The first-order chi connectivity index (χ1) is 15.2. The van der Waals surface area contributed by atoms with Gasteiger partial charge in [-0.15, -0.1) is 0 Å². The fourth-order valence-electron chi connectivity index (χ4n) is 3.93.